The van der Waals surface area contributed by atoms with Gasteiger partial charge in [-0.2, -0.15) is 0 Å². The molecule has 0 aliphatic heterocycles. The summed E-state index contributed by atoms with van der Waals surface area (Å²) in [5, 5.41) is 0. The van der Waals surface area contributed by atoms with Crippen molar-refractivity contribution in [1.29, 1.82) is 0 Å². The molecule has 0 aromatic heterocycles. The molecule has 0 bridgehead atoms. The van der Waals surface area contributed by atoms with Gasteiger partial charge >= 0.3 is 147 Å². The van der Waals surface area contributed by atoms with Crippen molar-refractivity contribution in [2.75, 3.05) is 0 Å². The van der Waals surface area contributed by atoms with Gasteiger partial charge in [0, 0.05) is 0 Å². The SMILES string of the molecule is [CH2]=[Zr]([CH3])([CH3])([CH]1C=Cc2c(C)cccc21)[CH]1C=Cc2c(C)cccc21. The molecule has 122 valence electrons. The van der Waals surface area contributed by atoms with Crippen molar-refractivity contribution >= 4 is 16.4 Å². The van der Waals surface area contributed by atoms with Crippen LogP contribution in [0.15, 0.2) is 48.6 Å². The second kappa shape index (κ2) is 5.09. The average Bonchev–Trinajstić information content (AvgIpc) is 3.12. The van der Waals surface area contributed by atoms with Crippen molar-refractivity contribution in [3.63, 3.8) is 0 Å². The molecule has 0 fully saturated rings. The monoisotopic (exact) mass is 392 g/mol. The van der Waals surface area contributed by atoms with E-state index in [9.17, 15) is 0 Å². The molecule has 0 spiro atoms. The number of allylic oxidation sites excluding steroid dienone is 2. The van der Waals surface area contributed by atoms with Crippen LogP contribution in [-0.4, -0.2) is 4.21 Å². The molecule has 2 aliphatic carbocycles. The van der Waals surface area contributed by atoms with E-state index in [2.05, 4.69) is 83.8 Å². The van der Waals surface area contributed by atoms with Crippen molar-refractivity contribution in [2.24, 2.45) is 0 Å². The van der Waals surface area contributed by atoms with Crippen LogP contribution in [0.5, 0.6) is 0 Å². The molecule has 4 rings (SSSR count). The standard InChI is InChI=1S/2C10H9.2CH3.CH2.Zr/c2*1-8-4-2-5-9-6-3-7-10(8)9;;;;/h2*2-7H,1H3;2*1H3;1H2;. The molecule has 0 saturated carbocycles. The fourth-order valence-corrected chi connectivity index (χ4v) is 15.6. The number of hydrogen-bond acceptors (Lipinski definition) is 0. The third-order valence-electron chi connectivity index (χ3n) is 6.34. The zero-order valence-corrected chi connectivity index (χ0v) is 17.6. The molecule has 2 aromatic carbocycles. The first-order chi connectivity index (χ1) is 11.3. The molecule has 0 saturated heterocycles. The zero-order valence-electron chi connectivity index (χ0n) is 15.1. The molecule has 0 nitrogen and oxygen atoms in total. The van der Waals surface area contributed by atoms with Gasteiger partial charge in [0.25, 0.3) is 0 Å². The van der Waals surface area contributed by atoms with Gasteiger partial charge in [0.05, 0.1) is 0 Å². The zero-order chi connectivity index (χ0) is 17.1. The Kier molecular flexibility index (Phi) is 3.42. The minimum absolute atomic E-state index is 0.516. The number of aryl methyl sites for hydroxylation is 2. The van der Waals surface area contributed by atoms with Crippen molar-refractivity contribution in [3.05, 3.63) is 81.9 Å². The number of benzene rings is 2. The summed E-state index contributed by atoms with van der Waals surface area (Å²) < 4.78 is 11.1. The number of hydrogen-bond donors (Lipinski definition) is 0. The van der Waals surface area contributed by atoms with Gasteiger partial charge in [-0.3, -0.25) is 0 Å². The van der Waals surface area contributed by atoms with E-state index in [1.165, 1.54) is 33.4 Å². The molecule has 0 amide bonds. The third-order valence-corrected chi connectivity index (χ3v) is 18.9. The Balaban J connectivity index is 1.87. The molecule has 1 heteroatoms. The van der Waals surface area contributed by atoms with Crippen molar-refractivity contribution in [1.82, 2.24) is 0 Å². The van der Waals surface area contributed by atoms with Crippen molar-refractivity contribution < 1.29 is 18.3 Å². The summed E-state index contributed by atoms with van der Waals surface area (Å²) in [4.78, 5) is 0. The van der Waals surface area contributed by atoms with E-state index in [4.69, 9.17) is 4.21 Å². The Morgan fingerprint density at radius 1 is 0.750 bits per heavy atom. The number of rotatable bonds is 2. The van der Waals surface area contributed by atoms with Gasteiger partial charge in [-0.25, -0.2) is 0 Å². The van der Waals surface area contributed by atoms with E-state index in [0.717, 1.165) is 0 Å². The Hall–Kier alpha value is -1.33. The van der Waals surface area contributed by atoms with E-state index < -0.39 is 18.3 Å². The van der Waals surface area contributed by atoms with Crippen molar-refractivity contribution in [2.45, 2.75) is 30.4 Å². The van der Waals surface area contributed by atoms with Gasteiger partial charge < -0.3 is 0 Å². The molecule has 0 radical (unpaired) electrons. The molecule has 2 atom stereocenters. The van der Waals surface area contributed by atoms with Crippen LogP contribution in [0.25, 0.3) is 12.2 Å². The fraction of sp³-hybridized carbons (Fsp3) is 0.261. The van der Waals surface area contributed by atoms with E-state index in [1.54, 1.807) is 0 Å². The first-order valence-corrected chi connectivity index (χ1v) is 18.4. The minimum atomic E-state index is -3.36. The molecular weight excluding hydrogens is 367 g/mol. The summed E-state index contributed by atoms with van der Waals surface area (Å²) in [5.74, 6) is 0. The van der Waals surface area contributed by atoms with Gasteiger partial charge in [0.2, 0.25) is 0 Å². The second-order valence-electron chi connectivity index (χ2n) is 8.77. The van der Waals surface area contributed by atoms with Crippen LogP contribution in [0.1, 0.15) is 40.6 Å². The Bertz CT molecular complexity index is 892. The van der Waals surface area contributed by atoms with Crippen LogP contribution in [0.2, 0.25) is 9.26 Å². The quantitative estimate of drug-likeness (QED) is 0.557. The van der Waals surface area contributed by atoms with Crippen LogP contribution >= 0.6 is 0 Å². The molecule has 0 heterocycles. The summed E-state index contributed by atoms with van der Waals surface area (Å²) in [6, 6.07) is 13.5. The maximum absolute atomic E-state index is 5.03. The first kappa shape index (κ1) is 16.2. The molecule has 2 aliphatic rings. The van der Waals surface area contributed by atoms with E-state index in [0.29, 0.717) is 7.25 Å². The summed E-state index contributed by atoms with van der Waals surface area (Å²) in [7, 11) is 0. The molecule has 2 unspecified atom stereocenters. The van der Waals surface area contributed by atoms with Gasteiger partial charge in [0.15, 0.2) is 0 Å². The third kappa shape index (κ3) is 2.17. The normalized spacial score (nSPS) is 21.9. The number of fused-ring (bicyclic) bond motifs is 2. The predicted molar refractivity (Wildman–Crippen MR) is 105 cm³/mol. The van der Waals surface area contributed by atoms with E-state index in [-0.39, 0.29) is 0 Å². The van der Waals surface area contributed by atoms with Crippen LogP contribution in [0.4, 0.5) is 0 Å². The summed E-state index contributed by atoms with van der Waals surface area (Å²) in [6.07, 6.45) is 9.60. The Morgan fingerprint density at radius 3 is 1.58 bits per heavy atom. The molecule has 2 aromatic rings. The summed E-state index contributed by atoms with van der Waals surface area (Å²) in [6.45, 7) is 4.44. The summed E-state index contributed by atoms with van der Waals surface area (Å²) >= 11 is -3.36. The van der Waals surface area contributed by atoms with Crippen LogP contribution in [-0.2, 0) is 18.3 Å². The molecule has 0 N–H and O–H groups in total. The van der Waals surface area contributed by atoms with Gasteiger partial charge in [-0.05, 0) is 0 Å². The first-order valence-electron chi connectivity index (χ1n) is 8.91. The summed E-state index contributed by atoms with van der Waals surface area (Å²) in [5.41, 5.74) is 8.65. The fourth-order valence-electron chi connectivity index (χ4n) is 4.84. The van der Waals surface area contributed by atoms with Crippen LogP contribution < -0.4 is 0 Å². The maximum atomic E-state index is 5.03. The predicted octanol–water partition coefficient (Wildman–Crippen LogP) is 6.36. The van der Waals surface area contributed by atoms with E-state index in [1.807, 2.05) is 0 Å². The Morgan fingerprint density at radius 2 is 1.17 bits per heavy atom. The van der Waals surface area contributed by atoms with Gasteiger partial charge in [-0.15, -0.1) is 0 Å². The van der Waals surface area contributed by atoms with Crippen LogP contribution in [0, 0.1) is 13.8 Å². The van der Waals surface area contributed by atoms with Crippen molar-refractivity contribution in [3.8, 4) is 0 Å². The topological polar surface area (TPSA) is 0 Å². The Labute approximate surface area is 146 Å². The van der Waals surface area contributed by atoms with E-state index >= 15 is 0 Å². The van der Waals surface area contributed by atoms with Gasteiger partial charge in [0.1, 0.15) is 0 Å². The average molecular weight is 394 g/mol. The second-order valence-corrected chi connectivity index (χ2v) is 26.3. The van der Waals surface area contributed by atoms with Crippen LogP contribution in [0.3, 0.4) is 0 Å². The molecule has 24 heavy (non-hydrogen) atoms. The van der Waals surface area contributed by atoms with Gasteiger partial charge in [-0.1, -0.05) is 0 Å². The molecular formula is C23H26Zr.